The molecule has 3 rings (SSSR count). The smallest absolute Gasteiger partial charge is 0.188 e. The van der Waals surface area contributed by atoms with Crippen molar-refractivity contribution in [3.63, 3.8) is 0 Å². The van der Waals surface area contributed by atoms with Crippen LogP contribution in [0.2, 0.25) is 0 Å². The number of thioether (sulfide) groups is 1. The fourth-order valence-electron chi connectivity index (χ4n) is 4.41. The van der Waals surface area contributed by atoms with Gasteiger partial charge in [-0.15, -0.1) is 11.8 Å². The normalized spacial score (nSPS) is 19.4. The number of methoxy groups -OCH3 is 2. The minimum Gasteiger partial charge on any atom is -0.468 e. The molecule has 35 heavy (non-hydrogen) atoms. The molecule has 2 aromatic carbocycles. The van der Waals surface area contributed by atoms with Gasteiger partial charge in [0.25, 0.3) is 0 Å². The monoisotopic (exact) mass is 506 g/mol. The summed E-state index contributed by atoms with van der Waals surface area (Å²) in [6.07, 6.45) is 1.95. The lowest BCUT2D eigenvalue weighted by Gasteiger charge is -2.43. The van der Waals surface area contributed by atoms with Gasteiger partial charge in [-0.2, -0.15) is 0 Å². The minimum atomic E-state index is -0.0450. The van der Waals surface area contributed by atoms with E-state index in [0.29, 0.717) is 32.3 Å². The van der Waals surface area contributed by atoms with E-state index in [0.717, 1.165) is 30.1 Å². The first kappa shape index (κ1) is 27.8. The zero-order valence-electron chi connectivity index (χ0n) is 21.0. The standard InChI is InChI=1S/C27H38O7S/c1-27(21-6-8-22(9-7-21)33-19-29-2)18-35-26-17-23(34-20-30-3)10-11-24(26)25(27)5-4-13-31-15-16-32-14-12-28/h6-11,17,25,28H,4-5,12-16,18-20H2,1-3H3. The van der Waals surface area contributed by atoms with Crippen LogP contribution in [0.3, 0.4) is 0 Å². The summed E-state index contributed by atoms with van der Waals surface area (Å²) in [7, 11) is 3.25. The Balaban J connectivity index is 1.74. The molecule has 1 aliphatic heterocycles. The first-order valence-corrected chi connectivity index (χ1v) is 13.0. The molecule has 7 nitrogen and oxygen atoms in total. The van der Waals surface area contributed by atoms with Crippen LogP contribution in [0.4, 0.5) is 0 Å². The number of aliphatic hydroxyl groups excluding tert-OH is 1. The Morgan fingerprint density at radius 2 is 1.54 bits per heavy atom. The van der Waals surface area contributed by atoms with Crippen LogP contribution in [-0.2, 0) is 24.4 Å². The van der Waals surface area contributed by atoms with Gasteiger partial charge in [0.05, 0.1) is 26.4 Å². The molecule has 0 aliphatic carbocycles. The van der Waals surface area contributed by atoms with Crippen molar-refractivity contribution < 1.29 is 33.5 Å². The molecule has 0 fully saturated rings. The fraction of sp³-hybridized carbons (Fsp3) is 0.556. The summed E-state index contributed by atoms with van der Waals surface area (Å²) in [5, 5.41) is 8.79. The number of hydrogen-bond donors (Lipinski definition) is 1. The molecule has 194 valence electrons. The number of aliphatic hydroxyl groups is 1. The van der Waals surface area contributed by atoms with E-state index in [9.17, 15) is 0 Å². The van der Waals surface area contributed by atoms with E-state index in [-0.39, 0.29) is 25.6 Å². The molecule has 0 aromatic heterocycles. The maximum Gasteiger partial charge on any atom is 0.188 e. The topological polar surface area (TPSA) is 75.6 Å². The molecule has 2 atom stereocenters. The van der Waals surface area contributed by atoms with Gasteiger partial charge in [0.1, 0.15) is 11.5 Å². The lowest BCUT2D eigenvalue weighted by Crippen LogP contribution is -2.36. The van der Waals surface area contributed by atoms with Gasteiger partial charge in [-0.1, -0.05) is 25.1 Å². The van der Waals surface area contributed by atoms with Crippen LogP contribution in [0.25, 0.3) is 0 Å². The number of hydrogen-bond acceptors (Lipinski definition) is 8. The van der Waals surface area contributed by atoms with Gasteiger partial charge >= 0.3 is 0 Å². The highest BCUT2D eigenvalue weighted by Crippen LogP contribution is 2.52. The fourth-order valence-corrected chi connectivity index (χ4v) is 5.81. The van der Waals surface area contributed by atoms with Gasteiger partial charge in [0, 0.05) is 36.9 Å². The highest BCUT2D eigenvalue weighted by Gasteiger charge is 2.41. The Bertz CT molecular complexity index is 876. The SMILES string of the molecule is COCOc1ccc(C2(C)CSc3cc(OCOC)ccc3C2CCCOCCOCCO)cc1. The van der Waals surface area contributed by atoms with Crippen LogP contribution in [0.1, 0.15) is 36.8 Å². The van der Waals surface area contributed by atoms with E-state index >= 15 is 0 Å². The van der Waals surface area contributed by atoms with E-state index in [2.05, 4.69) is 31.2 Å². The molecular weight excluding hydrogens is 468 g/mol. The van der Waals surface area contributed by atoms with Crippen LogP contribution < -0.4 is 9.47 Å². The molecule has 0 saturated carbocycles. The average Bonchev–Trinajstić information content (AvgIpc) is 2.89. The molecule has 0 saturated heterocycles. The van der Waals surface area contributed by atoms with E-state index in [1.165, 1.54) is 16.0 Å². The van der Waals surface area contributed by atoms with Crippen molar-refractivity contribution in [1.29, 1.82) is 0 Å². The Morgan fingerprint density at radius 3 is 2.23 bits per heavy atom. The summed E-state index contributed by atoms with van der Waals surface area (Å²) in [5.74, 6) is 2.92. The summed E-state index contributed by atoms with van der Waals surface area (Å²) in [4.78, 5) is 1.26. The van der Waals surface area contributed by atoms with Crippen LogP contribution in [0, 0.1) is 0 Å². The quantitative estimate of drug-likeness (QED) is 0.261. The largest absolute Gasteiger partial charge is 0.468 e. The van der Waals surface area contributed by atoms with Crippen LogP contribution in [0.5, 0.6) is 11.5 Å². The van der Waals surface area contributed by atoms with E-state index < -0.39 is 0 Å². The predicted octanol–water partition coefficient (Wildman–Crippen LogP) is 4.60. The molecule has 1 heterocycles. The molecular formula is C27H38O7S. The second kappa shape index (κ2) is 14.7. The third-order valence-electron chi connectivity index (χ3n) is 6.25. The van der Waals surface area contributed by atoms with Crippen LogP contribution in [0.15, 0.2) is 47.4 Å². The Morgan fingerprint density at radius 1 is 0.886 bits per heavy atom. The third-order valence-corrected chi connectivity index (χ3v) is 7.66. The van der Waals surface area contributed by atoms with Gasteiger partial charge in [0.2, 0.25) is 0 Å². The maximum atomic E-state index is 8.79. The van der Waals surface area contributed by atoms with Crippen molar-refractivity contribution >= 4 is 11.8 Å². The highest BCUT2D eigenvalue weighted by molar-refractivity contribution is 7.99. The lowest BCUT2D eigenvalue weighted by molar-refractivity contribution is 0.0315. The van der Waals surface area contributed by atoms with Gasteiger partial charge in [-0.25, -0.2) is 0 Å². The van der Waals surface area contributed by atoms with Crippen LogP contribution in [-0.4, -0.2) is 71.7 Å². The number of rotatable bonds is 16. The summed E-state index contributed by atoms with van der Waals surface area (Å²) in [6, 6.07) is 14.8. The van der Waals surface area contributed by atoms with Crippen molar-refractivity contribution in [3.8, 4) is 11.5 Å². The van der Waals surface area contributed by atoms with Crippen molar-refractivity contribution in [2.75, 3.05) is 66.6 Å². The molecule has 0 spiro atoms. The lowest BCUT2D eigenvalue weighted by atomic mass is 9.68. The summed E-state index contributed by atoms with van der Waals surface area (Å²) < 4.78 is 32.4. The van der Waals surface area contributed by atoms with E-state index in [4.69, 9.17) is 33.5 Å². The molecule has 2 aromatic rings. The maximum absolute atomic E-state index is 8.79. The van der Waals surface area contributed by atoms with Crippen molar-refractivity contribution in [1.82, 2.24) is 0 Å². The molecule has 2 unspecified atom stereocenters. The summed E-state index contributed by atoms with van der Waals surface area (Å²) in [6.45, 7) is 4.94. The van der Waals surface area contributed by atoms with Gasteiger partial charge in [-0.3, -0.25) is 0 Å². The molecule has 1 N–H and O–H groups in total. The first-order chi connectivity index (χ1) is 17.1. The Labute approximate surface area is 213 Å². The van der Waals surface area contributed by atoms with E-state index in [1.807, 2.05) is 30.0 Å². The number of benzene rings is 2. The summed E-state index contributed by atoms with van der Waals surface area (Å²) >= 11 is 1.87. The van der Waals surface area contributed by atoms with Gasteiger partial charge in [0.15, 0.2) is 13.6 Å². The Kier molecular flexibility index (Phi) is 11.6. The molecule has 0 bridgehead atoms. The van der Waals surface area contributed by atoms with Gasteiger partial charge < -0.3 is 33.5 Å². The average molecular weight is 507 g/mol. The second-order valence-corrected chi connectivity index (χ2v) is 9.69. The van der Waals surface area contributed by atoms with E-state index in [1.54, 1.807) is 14.2 Å². The van der Waals surface area contributed by atoms with Crippen molar-refractivity contribution in [3.05, 3.63) is 53.6 Å². The van der Waals surface area contributed by atoms with Crippen LogP contribution >= 0.6 is 11.8 Å². The third kappa shape index (κ3) is 7.84. The number of fused-ring (bicyclic) bond motifs is 1. The zero-order valence-corrected chi connectivity index (χ0v) is 21.8. The molecule has 8 heteroatoms. The van der Waals surface area contributed by atoms with Gasteiger partial charge in [-0.05, 0) is 54.2 Å². The molecule has 0 amide bonds. The summed E-state index contributed by atoms with van der Waals surface area (Å²) in [5.41, 5.74) is 2.60. The van der Waals surface area contributed by atoms with Crippen molar-refractivity contribution in [2.45, 2.75) is 36.0 Å². The Hall–Kier alpha value is -1.81. The first-order valence-electron chi connectivity index (χ1n) is 12.0. The minimum absolute atomic E-state index is 0.0371. The molecule has 0 radical (unpaired) electrons. The zero-order chi connectivity index (χ0) is 24.9. The second-order valence-electron chi connectivity index (χ2n) is 8.68. The number of ether oxygens (including phenoxy) is 6. The van der Waals surface area contributed by atoms with Crippen molar-refractivity contribution in [2.24, 2.45) is 0 Å². The highest BCUT2D eigenvalue weighted by atomic mass is 32.2. The molecule has 1 aliphatic rings. The predicted molar refractivity (Wildman–Crippen MR) is 137 cm³/mol.